The van der Waals surface area contributed by atoms with Crippen LogP contribution in [-0.4, -0.2) is 50.2 Å². The number of ether oxygens (including phenoxy) is 1. The summed E-state index contributed by atoms with van der Waals surface area (Å²) in [5.41, 5.74) is -0.592. The molecule has 3 rings (SSSR count). The summed E-state index contributed by atoms with van der Waals surface area (Å²) < 4.78 is 33.1. The summed E-state index contributed by atoms with van der Waals surface area (Å²) in [6, 6.07) is 4.02. The zero-order chi connectivity index (χ0) is 21.3. The standard InChI is InChI=1S/C16H17ClN6O5S/c1-4-22-13(7-8-18-22)28-15(24)10-5-6-12(29(3,26)27)11(14(10)17)9-23-16(25)21(2)19-20-23/h5-8H,4,9H2,1-3H3. The van der Waals surface area contributed by atoms with Gasteiger partial charge >= 0.3 is 11.7 Å². The normalized spacial score (nSPS) is 11.6. The summed E-state index contributed by atoms with van der Waals surface area (Å²) in [5, 5.41) is 11.1. The average molecular weight is 441 g/mol. The van der Waals surface area contributed by atoms with Gasteiger partial charge in [0.1, 0.15) is 0 Å². The van der Waals surface area contributed by atoms with Crippen molar-refractivity contribution in [1.29, 1.82) is 0 Å². The molecule has 0 aliphatic rings. The van der Waals surface area contributed by atoms with E-state index in [1.807, 2.05) is 6.92 Å². The Labute approximate surface area is 170 Å². The number of hydrogen-bond acceptors (Lipinski definition) is 8. The number of sulfone groups is 1. The van der Waals surface area contributed by atoms with E-state index < -0.39 is 21.5 Å². The highest BCUT2D eigenvalue weighted by Crippen LogP contribution is 2.29. The minimum atomic E-state index is -3.71. The molecule has 2 aromatic heterocycles. The second kappa shape index (κ2) is 7.79. The second-order valence-electron chi connectivity index (χ2n) is 6.09. The molecule has 0 saturated carbocycles. The van der Waals surface area contributed by atoms with E-state index in [2.05, 4.69) is 15.5 Å². The van der Waals surface area contributed by atoms with Crippen LogP contribution in [-0.2, 0) is 30.0 Å². The molecule has 1 aromatic carbocycles. The molecule has 3 aromatic rings. The van der Waals surface area contributed by atoms with Gasteiger partial charge in [-0.2, -0.15) is 14.5 Å². The molecule has 0 radical (unpaired) electrons. The van der Waals surface area contributed by atoms with Crippen LogP contribution in [0.2, 0.25) is 5.02 Å². The van der Waals surface area contributed by atoms with Gasteiger partial charge in [-0.3, -0.25) is 0 Å². The third-order valence-corrected chi connectivity index (χ3v) is 5.69. The molecule has 0 aliphatic carbocycles. The van der Waals surface area contributed by atoms with Gasteiger partial charge in [0.25, 0.3) is 0 Å². The number of aromatic nitrogens is 6. The number of rotatable bonds is 6. The number of hydrogen-bond donors (Lipinski definition) is 0. The van der Waals surface area contributed by atoms with E-state index in [9.17, 15) is 18.0 Å². The molecule has 0 amide bonds. The van der Waals surface area contributed by atoms with Gasteiger partial charge in [0.2, 0.25) is 5.88 Å². The predicted molar refractivity (Wildman–Crippen MR) is 102 cm³/mol. The van der Waals surface area contributed by atoms with E-state index in [4.69, 9.17) is 16.3 Å². The first-order valence-electron chi connectivity index (χ1n) is 8.35. The summed E-state index contributed by atoms with van der Waals surface area (Å²) in [7, 11) is -2.31. The molecule has 0 spiro atoms. The molecule has 0 saturated heterocycles. The molecule has 0 unspecified atom stereocenters. The number of nitrogens with zero attached hydrogens (tertiary/aromatic N) is 6. The summed E-state index contributed by atoms with van der Waals surface area (Å²) in [4.78, 5) is 24.6. The maximum absolute atomic E-state index is 12.6. The van der Waals surface area contributed by atoms with Crippen LogP contribution in [0, 0.1) is 0 Å². The van der Waals surface area contributed by atoms with E-state index in [1.165, 1.54) is 36.1 Å². The first-order valence-corrected chi connectivity index (χ1v) is 10.6. The topological polar surface area (TPSA) is 131 Å². The number of benzene rings is 1. The molecule has 11 nitrogen and oxygen atoms in total. The lowest BCUT2D eigenvalue weighted by atomic mass is 10.1. The monoisotopic (exact) mass is 440 g/mol. The van der Waals surface area contributed by atoms with E-state index in [0.29, 0.717) is 6.54 Å². The van der Waals surface area contributed by atoms with Crippen LogP contribution in [0.4, 0.5) is 0 Å². The highest BCUT2D eigenvalue weighted by molar-refractivity contribution is 7.90. The molecular weight excluding hydrogens is 424 g/mol. The zero-order valence-corrected chi connectivity index (χ0v) is 17.3. The molecule has 0 atom stereocenters. The molecule has 0 N–H and O–H groups in total. The quantitative estimate of drug-likeness (QED) is 0.507. The summed E-state index contributed by atoms with van der Waals surface area (Å²) in [6.07, 6.45) is 2.48. The third kappa shape index (κ3) is 4.07. The lowest BCUT2D eigenvalue weighted by Crippen LogP contribution is -2.25. The van der Waals surface area contributed by atoms with Crippen molar-refractivity contribution in [3.05, 3.63) is 51.0 Å². The van der Waals surface area contributed by atoms with Crippen LogP contribution < -0.4 is 10.4 Å². The fraction of sp³-hybridized carbons (Fsp3) is 0.312. The van der Waals surface area contributed by atoms with Gasteiger partial charge in [-0.1, -0.05) is 11.6 Å². The van der Waals surface area contributed by atoms with Crippen LogP contribution in [0.3, 0.4) is 0 Å². The SMILES string of the molecule is CCn1nccc1OC(=O)c1ccc(S(C)(=O)=O)c(Cn2nnn(C)c2=O)c1Cl. The Morgan fingerprint density at radius 1 is 1.21 bits per heavy atom. The molecule has 0 fully saturated rings. The minimum absolute atomic E-state index is 0.0372. The number of carbonyl (C=O) groups is 1. The molecule has 13 heteroatoms. The van der Waals surface area contributed by atoms with E-state index >= 15 is 0 Å². The van der Waals surface area contributed by atoms with Crippen LogP contribution in [0.1, 0.15) is 22.8 Å². The lowest BCUT2D eigenvalue weighted by Gasteiger charge is -2.13. The summed E-state index contributed by atoms with van der Waals surface area (Å²) in [6.45, 7) is 2.02. The Morgan fingerprint density at radius 3 is 2.52 bits per heavy atom. The van der Waals surface area contributed by atoms with E-state index in [0.717, 1.165) is 15.6 Å². The highest BCUT2D eigenvalue weighted by Gasteiger charge is 2.24. The number of esters is 1. The Bertz CT molecular complexity index is 1240. The van der Waals surface area contributed by atoms with Gasteiger partial charge in [-0.25, -0.2) is 22.7 Å². The Kier molecular flexibility index (Phi) is 5.57. The van der Waals surface area contributed by atoms with Crippen molar-refractivity contribution < 1.29 is 17.9 Å². The lowest BCUT2D eigenvalue weighted by molar-refractivity contribution is 0.0718. The van der Waals surface area contributed by atoms with Gasteiger partial charge < -0.3 is 4.74 Å². The van der Waals surface area contributed by atoms with Gasteiger partial charge in [-0.15, -0.1) is 0 Å². The number of halogens is 1. The van der Waals surface area contributed by atoms with Gasteiger partial charge in [0, 0.05) is 31.5 Å². The smallest absolute Gasteiger partial charge is 0.363 e. The molecule has 0 aliphatic heterocycles. The Morgan fingerprint density at radius 2 is 1.93 bits per heavy atom. The van der Waals surface area contributed by atoms with Crippen molar-refractivity contribution in [3.63, 3.8) is 0 Å². The molecule has 29 heavy (non-hydrogen) atoms. The summed E-state index contributed by atoms with van der Waals surface area (Å²) in [5.74, 6) is -0.578. The maximum Gasteiger partial charge on any atom is 0.363 e. The first-order chi connectivity index (χ1) is 13.6. The van der Waals surface area contributed by atoms with Crippen LogP contribution in [0.25, 0.3) is 0 Å². The third-order valence-electron chi connectivity index (χ3n) is 4.08. The highest BCUT2D eigenvalue weighted by atomic mass is 35.5. The molecule has 2 heterocycles. The molecule has 154 valence electrons. The summed E-state index contributed by atoms with van der Waals surface area (Å²) >= 11 is 6.38. The van der Waals surface area contributed by atoms with Crippen LogP contribution in [0.15, 0.2) is 34.1 Å². The van der Waals surface area contributed by atoms with E-state index in [-0.39, 0.29) is 33.5 Å². The molecule has 0 bridgehead atoms. The Hall–Kier alpha value is -2.99. The number of aryl methyl sites for hydroxylation is 2. The van der Waals surface area contributed by atoms with Crippen molar-refractivity contribution in [2.45, 2.75) is 24.9 Å². The van der Waals surface area contributed by atoms with Crippen molar-refractivity contribution in [2.75, 3.05) is 6.26 Å². The van der Waals surface area contributed by atoms with Crippen molar-refractivity contribution in [1.82, 2.24) is 29.6 Å². The molecular formula is C16H17ClN6O5S. The van der Waals surface area contributed by atoms with Crippen molar-refractivity contribution in [3.8, 4) is 5.88 Å². The number of carbonyl (C=O) groups excluding carboxylic acids is 1. The zero-order valence-electron chi connectivity index (χ0n) is 15.7. The van der Waals surface area contributed by atoms with Gasteiger partial charge in [0.15, 0.2) is 9.84 Å². The van der Waals surface area contributed by atoms with Crippen molar-refractivity contribution >= 4 is 27.4 Å². The number of tetrazole rings is 1. The predicted octanol–water partition coefficient (Wildman–Crippen LogP) is 0.518. The van der Waals surface area contributed by atoms with Gasteiger partial charge in [0.05, 0.1) is 28.2 Å². The average Bonchev–Trinajstić information content (AvgIpc) is 3.23. The largest absolute Gasteiger partial charge is 0.404 e. The first kappa shape index (κ1) is 20.7. The van der Waals surface area contributed by atoms with Crippen LogP contribution in [0.5, 0.6) is 5.88 Å². The van der Waals surface area contributed by atoms with Gasteiger partial charge in [-0.05, 0) is 29.5 Å². The second-order valence-corrected chi connectivity index (χ2v) is 8.46. The minimum Gasteiger partial charge on any atom is -0.404 e. The fourth-order valence-corrected chi connectivity index (χ4v) is 3.94. The van der Waals surface area contributed by atoms with Crippen molar-refractivity contribution in [2.24, 2.45) is 7.05 Å². The maximum atomic E-state index is 12.6. The Balaban J connectivity index is 2.07. The fourth-order valence-electron chi connectivity index (χ4n) is 2.65. The van der Waals surface area contributed by atoms with Crippen LogP contribution >= 0.6 is 11.6 Å². The van der Waals surface area contributed by atoms with E-state index in [1.54, 1.807) is 0 Å².